The summed E-state index contributed by atoms with van der Waals surface area (Å²) in [4.78, 5) is 6.49. The fourth-order valence-corrected chi connectivity index (χ4v) is 1.67. The van der Waals surface area contributed by atoms with Gasteiger partial charge in [0.15, 0.2) is 5.96 Å². The van der Waals surface area contributed by atoms with Gasteiger partial charge in [0.1, 0.15) is 0 Å². The van der Waals surface area contributed by atoms with E-state index in [0.29, 0.717) is 12.5 Å². The lowest BCUT2D eigenvalue weighted by Crippen LogP contribution is -2.33. The second kappa shape index (κ2) is 7.00. The van der Waals surface area contributed by atoms with E-state index in [1.807, 2.05) is 33.5 Å². The Hall–Kier alpha value is -1.56. The average molecular weight is 252 g/mol. The van der Waals surface area contributed by atoms with Gasteiger partial charge < -0.3 is 16.0 Å². The molecule has 0 aliphatic rings. The summed E-state index contributed by atoms with van der Waals surface area (Å²) in [6, 6.07) is 0.195. The minimum atomic E-state index is 0.195. The molecule has 0 radical (unpaired) electrons. The van der Waals surface area contributed by atoms with Crippen molar-refractivity contribution in [2.24, 2.45) is 17.8 Å². The Bertz CT molecular complexity index is 382. The van der Waals surface area contributed by atoms with Crippen LogP contribution in [0.1, 0.15) is 24.9 Å². The van der Waals surface area contributed by atoms with Crippen LogP contribution in [0, 0.1) is 0 Å². The second-order valence-electron chi connectivity index (χ2n) is 4.58. The number of hydrogen-bond acceptors (Lipinski definition) is 3. The second-order valence-corrected chi connectivity index (χ2v) is 4.58. The number of aryl methyl sites for hydroxylation is 1. The molecule has 0 aliphatic heterocycles. The molecule has 102 valence electrons. The van der Waals surface area contributed by atoms with Crippen molar-refractivity contribution in [2.75, 3.05) is 27.2 Å². The molecule has 1 aromatic rings. The molecule has 1 unspecified atom stereocenters. The highest BCUT2D eigenvalue weighted by atomic mass is 15.2. The minimum absolute atomic E-state index is 0.195. The molecule has 0 saturated carbocycles. The van der Waals surface area contributed by atoms with Gasteiger partial charge in [0.05, 0.1) is 18.8 Å². The number of hydrogen-bond donors (Lipinski definition) is 2. The number of rotatable bonds is 6. The molecule has 1 rings (SSSR count). The third-order valence-electron chi connectivity index (χ3n) is 2.72. The summed E-state index contributed by atoms with van der Waals surface area (Å²) in [6.45, 7) is 3.58. The van der Waals surface area contributed by atoms with Crippen LogP contribution in [0.15, 0.2) is 17.4 Å². The van der Waals surface area contributed by atoms with Gasteiger partial charge in [-0.25, -0.2) is 0 Å². The van der Waals surface area contributed by atoms with Crippen molar-refractivity contribution in [3.8, 4) is 0 Å². The minimum Gasteiger partial charge on any atom is -0.370 e. The summed E-state index contributed by atoms with van der Waals surface area (Å²) in [5, 5.41) is 7.26. The molecule has 0 amide bonds. The topological polar surface area (TPSA) is 71.5 Å². The Balaban J connectivity index is 2.64. The number of aliphatic imine (C=N–C) groups is 1. The van der Waals surface area contributed by atoms with Gasteiger partial charge in [-0.2, -0.15) is 5.10 Å². The van der Waals surface area contributed by atoms with Gasteiger partial charge in [-0.05, 0) is 20.5 Å². The lowest BCUT2D eigenvalue weighted by molar-refractivity contribution is 0.306. The highest BCUT2D eigenvalue weighted by molar-refractivity contribution is 5.77. The summed E-state index contributed by atoms with van der Waals surface area (Å²) < 4.78 is 1.80. The van der Waals surface area contributed by atoms with Crippen LogP contribution >= 0.6 is 0 Å². The molecule has 6 nitrogen and oxygen atoms in total. The highest BCUT2D eigenvalue weighted by Crippen LogP contribution is 2.17. The first-order chi connectivity index (χ1) is 8.54. The number of likely N-dealkylation sites (N-methyl/N-ethyl adjacent to an activating group) is 1. The van der Waals surface area contributed by atoms with E-state index < -0.39 is 0 Å². The molecule has 3 N–H and O–H groups in total. The van der Waals surface area contributed by atoms with Crippen LogP contribution in [0.3, 0.4) is 0 Å². The number of nitrogens with one attached hydrogen (secondary N) is 1. The third-order valence-corrected chi connectivity index (χ3v) is 2.72. The quantitative estimate of drug-likeness (QED) is 0.565. The van der Waals surface area contributed by atoms with Crippen LogP contribution in [-0.2, 0) is 7.05 Å². The number of nitrogens with zero attached hydrogens (tertiary/aromatic N) is 4. The van der Waals surface area contributed by atoms with Crippen LogP contribution in [0.4, 0.5) is 0 Å². The van der Waals surface area contributed by atoms with Crippen molar-refractivity contribution < 1.29 is 0 Å². The Labute approximate surface area is 109 Å². The molecular weight excluding hydrogens is 228 g/mol. The van der Waals surface area contributed by atoms with Crippen molar-refractivity contribution in [1.29, 1.82) is 0 Å². The SMILES string of the molecule is CCCNC(N)=NCC(c1cnn(C)c1)N(C)C. The monoisotopic (exact) mass is 252 g/mol. The average Bonchev–Trinajstić information content (AvgIpc) is 2.73. The molecule has 1 aromatic heterocycles. The van der Waals surface area contributed by atoms with E-state index in [0.717, 1.165) is 18.5 Å². The normalized spacial score (nSPS) is 13.9. The van der Waals surface area contributed by atoms with Crippen LogP contribution in [0.5, 0.6) is 0 Å². The molecular formula is C12H24N6. The predicted octanol–water partition coefficient (Wildman–Crippen LogP) is 0.337. The standard InChI is InChI=1S/C12H24N6/c1-5-6-14-12(13)15-8-11(17(2)3)10-7-16-18(4)9-10/h7,9,11H,5-6,8H2,1-4H3,(H3,13,14,15). The summed E-state index contributed by atoms with van der Waals surface area (Å²) in [5.41, 5.74) is 6.94. The fourth-order valence-electron chi connectivity index (χ4n) is 1.67. The summed E-state index contributed by atoms with van der Waals surface area (Å²) in [7, 11) is 5.97. The Morgan fingerprint density at radius 1 is 1.61 bits per heavy atom. The smallest absolute Gasteiger partial charge is 0.188 e. The maximum atomic E-state index is 5.79. The number of nitrogens with two attached hydrogens (primary N) is 1. The molecule has 1 atom stereocenters. The van der Waals surface area contributed by atoms with E-state index in [1.54, 1.807) is 4.68 Å². The fraction of sp³-hybridized carbons (Fsp3) is 0.667. The number of guanidine groups is 1. The van der Waals surface area contributed by atoms with Gasteiger partial charge in [-0.15, -0.1) is 0 Å². The summed E-state index contributed by atoms with van der Waals surface area (Å²) in [5.74, 6) is 0.507. The lowest BCUT2D eigenvalue weighted by Gasteiger charge is -2.21. The molecule has 0 spiro atoms. The highest BCUT2D eigenvalue weighted by Gasteiger charge is 2.15. The van der Waals surface area contributed by atoms with Gasteiger partial charge in [-0.3, -0.25) is 9.67 Å². The zero-order valence-electron chi connectivity index (χ0n) is 11.7. The van der Waals surface area contributed by atoms with Gasteiger partial charge in [0, 0.05) is 25.4 Å². The van der Waals surface area contributed by atoms with Gasteiger partial charge in [0.2, 0.25) is 0 Å². The van der Waals surface area contributed by atoms with E-state index in [4.69, 9.17) is 5.73 Å². The molecule has 6 heteroatoms. The van der Waals surface area contributed by atoms with E-state index in [1.165, 1.54) is 0 Å². The molecule has 1 heterocycles. The van der Waals surface area contributed by atoms with Crippen LogP contribution < -0.4 is 11.1 Å². The van der Waals surface area contributed by atoms with Crippen molar-refractivity contribution >= 4 is 5.96 Å². The zero-order valence-corrected chi connectivity index (χ0v) is 11.7. The maximum absolute atomic E-state index is 5.79. The van der Waals surface area contributed by atoms with Crippen molar-refractivity contribution in [3.05, 3.63) is 18.0 Å². The summed E-state index contributed by atoms with van der Waals surface area (Å²) >= 11 is 0. The molecule has 0 aliphatic carbocycles. The molecule has 0 saturated heterocycles. The number of aromatic nitrogens is 2. The third kappa shape index (κ3) is 4.37. The van der Waals surface area contributed by atoms with E-state index >= 15 is 0 Å². The lowest BCUT2D eigenvalue weighted by atomic mass is 10.1. The van der Waals surface area contributed by atoms with E-state index in [2.05, 4.69) is 27.2 Å². The van der Waals surface area contributed by atoms with Crippen molar-refractivity contribution in [3.63, 3.8) is 0 Å². The first-order valence-electron chi connectivity index (χ1n) is 6.23. The molecule has 18 heavy (non-hydrogen) atoms. The molecule has 0 fully saturated rings. The van der Waals surface area contributed by atoms with Crippen molar-refractivity contribution in [2.45, 2.75) is 19.4 Å². The van der Waals surface area contributed by atoms with Crippen LogP contribution in [-0.4, -0.2) is 47.8 Å². The van der Waals surface area contributed by atoms with E-state index in [9.17, 15) is 0 Å². The maximum Gasteiger partial charge on any atom is 0.188 e. The molecule has 0 bridgehead atoms. The van der Waals surface area contributed by atoms with Gasteiger partial charge in [-0.1, -0.05) is 6.92 Å². The Morgan fingerprint density at radius 2 is 2.33 bits per heavy atom. The van der Waals surface area contributed by atoms with Crippen LogP contribution in [0.2, 0.25) is 0 Å². The molecule has 0 aromatic carbocycles. The van der Waals surface area contributed by atoms with Gasteiger partial charge in [0.25, 0.3) is 0 Å². The first-order valence-corrected chi connectivity index (χ1v) is 6.23. The summed E-state index contributed by atoms with van der Waals surface area (Å²) in [6.07, 6.45) is 4.92. The van der Waals surface area contributed by atoms with Crippen LogP contribution in [0.25, 0.3) is 0 Å². The Morgan fingerprint density at radius 3 is 2.83 bits per heavy atom. The van der Waals surface area contributed by atoms with E-state index in [-0.39, 0.29) is 6.04 Å². The first kappa shape index (κ1) is 14.5. The zero-order chi connectivity index (χ0) is 13.5. The van der Waals surface area contributed by atoms with Crippen molar-refractivity contribution in [1.82, 2.24) is 20.0 Å². The Kier molecular flexibility index (Phi) is 5.64. The van der Waals surface area contributed by atoms with Gasteiger partial charge >= 0.3 is 0 Å². The predicted molar refractivity (Wildman–Crippen MR) is 74.4 cm³/mol. The largest absolute Gasteiger partial charge is 0.370 e.